The van der Waals surface area contributed by atoms with E-state index in [0.29, 0.717) is 6.42 Å². The molecular weight excluding hydrogens is 244 g/mol. The van der Waals surface area contributed by atoms with Crippen LogP contribution in [0.4, 0.5) is 0 Å². The number of hydrogen-bond acceptors (Lipinski definition) is 3. The van der Waals surface area contributed by atoms with E-state index < -0.39 is 8.32 Å². The van der Waals surface area contributed by atoms with Crippen molar-refractivity contribution in [1.82, 2.24) is 0 Å². The fraction of sp³-hybridized carbons (Fsp3) is 0.857. The SMILES string of the molecule is C=C[C@@H]1C[C@H](O)[C@@H]2O[C@@H]2[C@H]1O[Si](C)(C)C(C)(C)C. The van der Waals surface area contributed by atoms with Crippen molar-refractivity contribution >= 4 is 8.32 Å². The minimum atomic E-state index is -1.80. The molecule has 1 heterocycles. The van der Waals surface area contributed by atoms with E-state index in [9.17, 15) is 5.11 Å². The van der Waals surface area contributed by atoms with Crippen molar-refractivity contribution in [3.63, 3.8) is 0 Å². The highest BCUT2D eigenvalue weighted by atomic mass is 28.4. The van der Waals surface area contributed by atoms with Crippen molar-refractivity contribution in [2.24, 2.45) is 5.92 Å². The first kappa shape index (κ1) is 14.3. The minimum absolute atomic E-state index is 0.00373. The van der Waals surface area contributed by atoms with Gasteiger partial charge in [-0.3, -0.25) is 0 Å². The van der Waals surface area contributed by atoms with Gasteiger partial charge in [-0.2, -0.15) is 0 Å². The molecule has 4 heteroatoms. The molecule has 18 heavy (non-hydrogen) atoms. The molecule has 1 saturated heterocycles. The first-order valence-corrected chi connectivity index (χ1v) is 9.72. The lowest BCUT2D eigenvalue weighted by molar-refractivity contribution is 0.0556. The predicted molar refractivity (Wildman–Crippen MR) is 75.0 cm³/mol. The van der Waals surface area contributed by atoms with E-state index in [1.807, 2.05) is 6.08 Å². The van der Waals surface area contributed by atoms with E-state index in [0.717, 1.165) is 0 Å². The van der Waals surface area contributed by atoms with Crippen LogP contribution in [0, 0.1) is 5.92 Å². The molecule has 1 aliphatic heterocycles. The third-order valence-electron chi connectivity index (χ3n) is 4.74. The molecule has 0 amide bonds. The van der Waals surface area contributed by atoms with Crippen molar-refractivity contribution in [3.05, 3.63) is 12.7 Å². The van der Waals surface area contributed by atoms with E-state index in [-0.39, 0.29) is 35.4 Å². The summed E-state index contributed by atoms with van der Waals surface area (Å²) in [5.74, 6) is 0.206. The predicted octanol–water partition coefficient (Wildman–Crippen LogP) is 2.71. The average Bonchev–Trinajstić information content (AvgIpc) is 3.00. The van der Waals surface area contributed by atoms with Gasteiger partial charge >= 0.3 is 0 Å². The van der Waals surface area contributed by atoms with Gasteiger partial charge in [-0.25, -0.2) is 0 Å². The average molecular weight is 270 g/mol. The second-order valence-corrected chi connectivity index (χ2v) is 11.9. The molecule has 1 aliphatic carbocycles. The third-order valence-corrected chi connectivity index (χ3v) is 9.21. The largest absolute Gasteiger partial charge is 0.411 e. The van der Waals surface area contributed by atoms with Crippen LogP contribution in [0.3, 0.4) is 0 Å². The summed E-state index contributed by atoms with van der Waals surface area (Å²) in [6.45, 7) is 15.1. The normalized spacial score (nSPS) is 40.2. The molecule has 2 rings (SSSR count). The van der Waals surface area contributed by atoms with E-state index >= 15 is 0 Å². The molecule has 1 saturated carbocycles. The summed E-state index contributed by atoms with van der Waals surface area (Å²) >= 11 is 0. The molecule has 3 nitrogen and oxygen atoms in total. The Bertz CT molecular complexity index is 334. The summed E-state index contributed by atoms with van der Waals surface area (Å²) in [6, 6.07) is 0. The Kier molecular flexibility index (Phi) is 3.52. The summed E-state index contributed by atoms with van der Waals surface area (Å²) in [6.07, 6.45) is 2.43. The zero-order valence-corrected chi connectivity index (χ0v) is 13.1. The maximum absolute atomic E-state index is 9.88. The van der Waals surface area contributed by atoms with E-state index in [4.69, 9.17) is 9.16 Å². The number of hydrogen-bond donors (Lipinski definition) is 1. The summed E-state index contributed by atoms with van der Waals surface area (Å²) in [5, 5.41) is 10.1. The smallest absolute Gasteiger partial charge is 0.192 e. The topological polar surface area (TPSA) is 42.0 Å². The lowest BCUT2D eigenvalue weighted by atomic mass is 9.85. The summed E-state index contributed by atoms with van der Waals surface area (Å²) < 4.78 is 12.1. The molecule has 1 N–H and O–H groups in total. The Morgan fingerprint density at radius 2 is 1.94 bits per heavy atom. The van der Waals surface area contributed by atoms with Crippen molar-refractivity contribution < 1.29 is 14.3 Å². The molecule has 2 aliphatic rings. The van der Waals surface area contributed by atoms with Crippen molar-refractivity contribution in [3.8, 4) is 0 Å². The van der Waals surface area contributed by atoms with Crippen LogP contribution in [-0.4, -0.2) is 37.8 Å². The molecule has 5 atom stereocenters. The molecule has 0 radical (unpaired) electrons. The number of epoxide rings is 1. The summed E-state index contributed by atoms with van der Waals surface area (Å²) in [5.41, 5.74) is 0. The van der Waals surface area contributed by atoms with Gasteiger partial charge in [0.15, 0.2) is 8.32 Å². The molecule has 2 fully saturated rings. The number of fused-ring (bicyclic) bond motifs is 1. The van der Waals surface area contributed by atoms with Gasteiger partial charge in [-0.15, -0.1) is 6.58 Å². The van der Waals surface area contributed by atoms with Gasteiger partial charge < -0.3 is 14.3 Å². The molecule has 0 aromatic heterocycles. The molecular formula is C14H26O3Si. The third kappa shape index (κ3) is 2.44. The van der Waals surface area contributed by atoms with Crippen molar-refractivity contribution in [1.29, 1.82) is 0 Å². The van der Waals surface area contributed by atoms with Crippen LogP contribution in [0.2, 0.25) is 18.1 Å². The van der Waals surface area contributed by atoms with Gasteiger partial charge in [0.1, 0.15) is 12.2 Å². The first-order valence-electron chi connectivity index (χ1n) is 6.81. The monoisotopic (exact) mass is 270 g/mol. The molecule has 104 valence electrons. The van der Waals surface area contributed by atoms with E-state index in [1.165, 1.54) is 0 Å². The highest BCUT2D eigenvalue weighted by Gasteiger charge is 2.57. The van der Waals surface area contributed by atoms with Crippen LogP contribution in [0.25, 0.3) is 0 Å². The van der Waals surface area contributed by atoms with Crippen molar-refractivity contribution in [2.45, 2.75) is 69.7 Å². The Balaban J connectivity index is 2.11. The zero-order valence-electron chi connectivity index (χ0n) is 12.1. The molecule has 0 spiro atoms. The second kappa shape index (κ2) is 4.44. The van der Waals surface area contributed by atoms with Crippen LogP contribution < -0.4 is 0 Å². The summed E-state index contributed by atoms with van der Waals surface area (Å²) in [7, 11) is -1.80. The molecule has 0 bridgehead atoms. The highest BCUT2D eigenvalue weighted by Crippen LogP contribution is 2.46. The van der Waals surface area contributed by atoms with E-state index in [1.54, 1.807) is 0 Å². The number of rotatable bonds is 3. The number of aliphatic hydroxyl groups is 1. The van der Waals surface area contributed by atoms with E-state index in [2.05, 4.69) is 40.4 Å². The van der Waals surface area contributed by atoms with Gasteiger partial charge in [0.05, 0.1) is 12.2 Å². The first-order chi connectivity index (χ1) is 8.17. The van der Waals surface area contributed by atoms with Crippen LogP contribution in [0.1, 0.15) is 27.2 Å². The Labute approximate surface area is 111 Å². The zero-order chi connectivity index (χ0) is 13.7. The highest BCUT2D eigenvalue weighted by molar-refractivity contribution is 6.74. The van der Waals surface area contributed by atoms with Gasteiger partial charge in [-0.1, -0.05) is 26.8 Å². The standard InChI is InChI=1S/C14H26O3Si/c1-7-9-8-10(15)12-13(16-12)11(9)17-18(5,6)14(2,3)4/h7,9-13,15H,1,8H2,2-6H3/t9-,10+,11+,12+,13-/m1/s1. The molecule has 0 aromatic carbocycles. The van der Waals surface area contributed by atoms with Crippen molar-refractivity contribution in [2.75, 3.05) is 0 Å². The van der Waals surface area contributed by atoms with Crippen LogP contribution in [0.5, 0.6) is 0 Å². The maximum Gasteiger partial charge on any atom is 0.192 e. The molecule has 0 unspecified atom stereocenters. The van der Waals surface area contributed by atoms with Crippen LogP contribution in [0.15, 0.2) is 12.7 Å². The maximum atomic E-state index is 9.88. The van der Waals surface area contributed by atoms with Gasteiger partial charge in [0.25, 0.3) is 0 Å². The summed E-state index contributed by atoms with van der Waals surface area (Å²) in [4.78, 5) is 0. The van der Waals surface area contributed by atoms with Gasteiger partial charge in [-0.05, 0) is 24.6 Å². The molecule has 0 aromatic rings. The Morgan fingerprint density at radius 1 is 1.33 bits per heavy atom. The van der Waals surface area contributed by atoms with Crippen LogP contribution in [-0.2, 0) is 9.16 Å². The van der Waals surface area contributed by atoms with Gasteiger partial charge in [0, 0.05) is 5.92 Å². The van der Waals surface area contributed by atoms with Gasteiger partial charge in [0.2, 0.25) is 0 Å². The fourth-order valence-electron chi connectivity index (χ4n) is 2.40. The second-order valence-electron chi connectivity index (χ2n) is 7.11. The minimum Gasteiger partial charge on any atom is -0.411 e. The Hall–Kier alpha value is -0.163. The fourth-order valence-corrected chi connectivity index (χ4v) is 3.75. The number of aliphatic hydroxyl groups excluding tert-OH is 1. The van der Waals surface area contributed by atoms with Crippen LogP contribution >= 0.6 is 0 Å². The lowest BCUT2D eigenvalue weighted by Crippen LogP contribution is -2.50. The quantitative estimate of drug-likeness (QED) is 0.487. The lowest BCUT2D eigenvalue weighted by Gasteiger charge is -2.42. The number of ether oxygens (including phenoxy) is 1. The Morgan fingerprint density at radius 3 is 2.44 bits per heavy atom.